The molecule has 4 aliphatic carbocycles. The number of hydrogen-bond donors (Lipinski definition) is 0. The van der Waals surface area contributed by atoms with Crippen molar-refractivity contribution in [2.75, 3.05) is 13.2 Å². The van der Waals surface area contributed by atoms with Gasteiger partial charge in [0.05, 0.1) is 12.2 Å². The minimum absolute atomic E-state index is 0. The summed E-state index contributed by atoms with van der Waals surface area (Å²) in [5, 5.41) is 0. The van der Waals surface area contributed by atoms with Gasteiger partial charge < -0.3 is 9.47 Å². The van der Waals surface area contributed by atoms with Gasteiger partial charge in [-0.3, -0.25) is 0 Å². The Labute approximate surface area is 320 Å². The predicted molar refractivity (Wildman–Crippen MR) is 230 cm³/mol. The average Bonchev–Trinajstić information content (AvgIpc) is 3.11. The van der Waals surface area contributed by atoms with Gasteiger partial charge in [0, 0.05) is 16.1 Å². The highest BCUT2D eigenvalue weighted by atomic mass is 16.5. The van der Waals surface area contributed by atoms with Crippen LogP contribution in [0.15, 0.2) is 23.3 Å². The third-order valence-corrected chi connectivity index (χ3v) is 11.9. The molecule has 0 aromatic rings. The van der Waals surface area contributed by atoms with E-state index in [4.69, 9.17) is 9.47 Å². The van der Waals surface area contributed by atoms with Crippen molar-refractivity contribution in [3.63, 3.8) is 0 Å². The van der Waals surface area contributed by atoms with E-state index in [9.17, 15) is 0 Å². The first kappa shape index (κ1) is 49.4. The zero-order chi connectivity index (χ0) is 37.9. The molecule has 0 radical (unpaired) electrons. The van der Waals surface area contributed by atoms with Crippen LogP contribution in [0.4, 0.5) is 0 Å². The van der Waals surface area contributed by atoms with Crippen LogP contribution in [0.2, 0.25) is 0 Å². The van der Waals surface area contributed by atoms with Crippen molar-refractivity contribution in [2.45, 2.75) is 225 Å². The third-order valence-electron chi connectivity index (χ3n) is 11.9. The maximum atomic E-state index is 5.39. The molecule has 6 unspecified atom stereocenters. The first-order valence-corrected chi connectivity index (χ1v) is 22.3. The molecular weight excluding hydrogens is 609 g/mol. The lowest BCUT2D eigenvalue weighted by Crippen LogP contribution is -2.21. The van der Waals surface area contributed by atoms with Gasteiger partial charge in [0.1, 0.15) is 0 Å². The van der Waals surface area contributed by atoms with E-state index in [0.29, 0.717) is 12.2 Å². The van der Waals surface area contributed by atoms with E-state index >= 15 is 0 Å². The third kappa shape index (κ3) is 28.9. The molecule has 2 saturated heterocycles. The van der Waals surface area contributed by atoms with Crippen LogP contribution in [0.5, 0.6) is 0 Å². The second kappa shape index (κ2) is 30.8. The van der Waals surface area contributed by atoms with Gasteiger partial charge in [-0.25, -0.2) is 0 Å². The Morgan fingerprint density at radius 3 is 0.820 bits per heavy atom. The second-order valence-electron chi connectivity index (χ2n) is 18.2. The minimum atomic E-state index is 0. The molecule has 6 aliphatic rings. The van der Waals surface area contributed by atoms with E-state index in [2.05, 4.69) is 95.2 Å². The van der Waals surface area contributed by atoms with Gasteiger partial charge in [0.15, 0.2) is 0 Å². The predicted octanol–water partition coefficient (Wildman–Crippen LogP) is 16.3. The molecule has 0 aromatic heterocycles. The molecule has 0 amide bonds. The van der Waals surface area contributed by atoms with Crippen LogP contribution >= 0.6 is 0 Å². The van der Waals surface area contributed by atoms with Crippen molar-refractivity contribution in [1.82, 2.24) is 0 Å². The Balaban J connectivity index is -0.000000544. The Bertz CT molecular complexity index is 660. The fourth-order valence-corrected chi connectivity index (χ4v) is 7.08. The van der Waals surface area contributed by atoms with Crippen LogP contribution in [0, 0.1) is 47.3 Å². The van der Waals surface area contributed by atoms with Gasteiger partial charge >= 0.3 is 0 Å². The summed E-state index contributed by atoms with van der Waals surface area (Å²) in [5.41, 5.74) is 3.17. The highest BCUT2D eigenvalue weighted by Gasteiger charge is 2.15. The zero-order valence-corrected chi connectivity index (χ0v) is 36.9. The molecule has 50 heavy (non-hydrogen) atoms. The molecule has 0 spiro atoms. The topological polar surface area (TPSA) is 18.5 Å². The monoisotopic (exact) mass is 708 g/mol. The van der Waals surface area contributed by atoms with Crippen molar-refractivity contribution in [3.05, 3.63) is 23.3 Å². The largest absolute Gasteiger partial charge is 0.378 e. The van der Waals surface area contributed by atoms with E-state index in [1.807, 2.05) is 13.8 Å². The van der Waals surface area contributed by atoms with E-state index in [0.717, 1.165) is 60.6 Å². The Kier molecular flexibility index (Phi) is 30.4. The molecule has 2 heterocycles. The summed E-state index contributed by atoms with van der Waals surface area (Å²) in [7, 11) is 0. The lowest BCUT2D eigenvalue weighted by Gasteiger charge is -2.23. The molecule has 0 aromatic carbocycles. The van der Waals surface area contributed by atoms with Crippen LogP contribution in [0.3, 0.4) is 0 Å². The normalized spacial score (nSPS) is 35.1. The van der Waals surface area contributed by atoms with Crippen molar-refractivity contribution in [2.24, 2.45) is 47.3 Å². The minimum Gasteiger partial charge on any atom is -0.378 e. The highest BCUT2D eigenvalue weighted by Crippen LogP contribution is 2.28. The molecule has 2 saturated carbocycles. The van der Waals surface area contributed by atoms with Gasteiger partial charge in [-0.05, 0) is 139 Å². The lowest BCUT2D eigenvalue weighted by molar-refractivity contribution is 0.000174. The molecule has 2 nitrogen and oxygen atoms in total. The molecule has 4 fully saturated rings. The first-order chi connectivity index (χ1) is 23.7. The van der Waals surface area contributed by atoms with Crippen LogP contribution in [0.1, 0.15) is 215 Å². The Morgan fingerprint density at radius 2 is 0.660 bits per heavy atom. The van der Waals surface area contributed by atoms with Gasteiger partial charge in [0.25, 0.3) is 0 Å². The summed E-state index contributed by atoms with van der Waals surface area (Å²) in [5.74, 6) is 7.56. The zero-order valence-electron chi connectivity index (χ0n) is 36.9. The Morgan fingerprint density at radius 1 is 0.400 bits per heavy atom. The van der Waals surface area contributed by atoms with Crippen molar-refractivity contribution in [3.8, 4) is 0 Å². The summed E-state index contributed by atoms with van der Waals surface area (Å²) in [6.07, 6.45) is 30.9. The molecule has 2 aliphatic heterocycles. The lowest BCUT2D eigenvalue weighted by atomic mass is 9.84. The number of ether oxygens (including phenoxy) is 2. The van der Waals surface area contributed by atoms with Gasteiger partial charge in [-0.1, -0.05) is 144 Å². The number of hydrogen-bond acceptors (Lipinski definition) is 2. The molecule has 0 bridgehead atoms. The summed E-state index contributed by atoms with van der Waals surface area (Å²) >= 11 is 0. The number of rotatable bonds is 0. The van der Waals surface area contributed by atoms with E-state index in [1.165, 1.54) is 116 Å². The standard InChI is InChI=1S/2C8H16.2C8H14.2C7H14O.C2H6.2H2/c4*1-7-3-5-8(2)6-4-7;2*1-6-3-4-7(2)8-5-6;1-2;;/h2*7-8H,3-6H2,1-2H3;2*3,8H,4-6H2,1-2H3;2*6-7H,3-5H2,1-2H3;1-2H3;2*1H/i;;;;;;;1+1;. The van der Waals surface area contributed by atoms with Crippen molar-refractivity contribution in [1.29, 1.82) is 0 Å². The van der Waals surface area contributed by atoms with Gasteiger partial charge in [-0.2, -0.15) is 0 Å². The van der Waals surface area contributed by atoms with Crippen LogP contribution < -0.4 is 0 Å². The summed E-state index contributed by atoms with van der Waals surface area (Å²) in [6, 6.07) is 0. The summed E-state index contributed by atoms with van der Waals surface area (Å²) < 4.78 is 10.8. The van der Waals surface area contributed by atoms with E-state index in [1.54, 1.807) is 11.1 Å². The molecule has 0 N–H and O–H groups in total. The van der Waals surface area contributed by atoms with Crippen LogP contribution in [-0.2, 0) is 9.47 Å². The van der Waals surface area contributed by atoms with Gasteiger partial charge in [-0.15, -0.1) is 0 Å². The fourth-order valence-electron chi connectivity index (χ4n) is 7.08. The second-order valence-corrected chi connectivity index (χ2v) is 18.2. The SMILES string of the molecule is CC.CC1=CCC(C)CC1.CC1=CCC(C)CC1.CC1CCC(C)CC1.CC1CCC(C)CC1.CC1CCC(C)OC1.CC1CCC(C)OC1.[2HH].[HH]. The Hall–Kier alpha value is -0.600. The quantitative estimate of drug-likeness (QED) is 0.233. The van der Waals surface area contributed by atoms with Crippen molar-refractivity contribution < 1.29 is 12.3 Å². The van der Waals surface area contributed by atoms with E-state index < -0.39 is 0 Å². The van der Waals surface area contributed by atoms with Crippen LogP contribution in [-0.4, -0.2) is 25.4 Å². The van der Waals surface area contributed by atoms with Crippen molar-refractivity contribution >= 4 is 0 Å². The molecule has 2 heteroatoms. The summed E-state index contributed by atoms with van der Waals surface area (Å²) in [6.45, 7) is 33.3. The molecule has 302 valence electrons. The smallest absolute Gasteiger partial charge is 0.0547 e. The first-order valence-electron chi connectivity index (χ1n) is 22.3. The fraction of sp³-hybridized carbons (Fsp3) is 0.917. The average molecular weight is 708 g/mol. The van der Waals surface area contributed by atoms with Crippen LogP contribution in [0.25, 0.3) is 0 Å². The molecule has 6 rings (SSSR count). The van der Waals surface area contributed by atoms with E-state index in [-0.39, 0.29) is 2.85 Å². The molecular formula is C48H98O2. The maximum absolute atomic E-state index is 5.39. The number of allylic oxidation sites excluding steroid dienone is 4. The molecule has 6 atom stereocenters. The van der Waals surface area contributed by atoms with Gasteiger partial charge in [0.2, 0.25) is 0 Å². The maximum Gasteiger partial charge on any atom is 0.0547 e. The highest BCUT2D eigenvalue weighted by molar-refractivity contribution is 5.02. The summed E-state index contributed by atoms with van der Waals surface area (Å²) in [4.78, 5) is 0.